The van der Waals surface area contributed by atoms with E-state index in [2.05, 4.69) is 17.5 Å². The van der Waals surface area contributed by atoms with E-state index in [1.54, 1.807) is 19.1 Å². The lowest BCUT2D eigenvalue weighted by Crippen LogP contribution is -2.15. The molecule has 0 spiro atoms. The molecule has 1 aliphatic carbocycles. The van der Waals surface area contributed by atoms with Crippen molar-refractivity contribution in [2.45, 2.75) is 26.2 Å². The van der Waals surface area contributed by atoms with E-state index in [4.69, 9.17) is 0 Å². The number of rotatable bonds is 4. The summed E-state index contributed by atoms with van der Waals surface area (Å²) < 4.78 is 0. The SMILES string of the molecule is Cc1cc(NCC2CC=CCC2)ccc1[N+](=O)[O-]. The van der Waals surface area contributed by atoms with Gasteiger partial charge in [0, 0.05) is 23.9 Å². The topological polar surface area (TPSA) is 55.2 Å². The average molecular weight is 246 g/mol. The van der Waals surface area contributed by atoms with Gasteiger partial charge in [0.2, 0.25) is 0 Å². The van der Waals surface area contributed by atoms with Gasteiger partial charge in [-0.15, -0.1) is 0 Å². The third-order valence-corrected chi connectivity index (χ3v) is 3.37. The van der Waals surface area contributed by atoms with E-state index in [-0.39, 0.29) is 10.6 Å². The minimum absolute atomic E-state index is 0.182. The number of nitro benzene ring substituents is 1. The van der Waals surface area contributed by atoms with E-state index >= 15 is 0 Å². The maximum atomic E-state index is 10.7. The van der Waals surface area contributed by atoms with Gasteiger partial charge in [-0.3, -0.25) is 10.1 Å². The molecule has 1 atom stereocenters. The Kier molecular flexibility index (Phi) is 3.97. The van der Waals surface area contributed by atoms with Crippen molar-refractivity contribution >= 4 is 11.4 Å². The van der Waals surface area contributed by atoms with Crippen LogP contribution in [0, 0.1) is 23.0 Å². The Balaban J connectivity index is 1.95. The van der Waals surface area contributed by atoms with Crippen LogP contribution < -0.4 is 5.32 Å². The van der Waals surface area contributed by atoms with E-state index in [9.17, 15) is 10.1 Å². The zero-order valence-electron chi connectivity index (χ0n) is 10.6. The summed E-state index contributed by atoms with van der Waals surface area (Å²) in [6, 6.07) is 5.19. The molecule has 4 heteroatoms. The van der Waals surface area contributed by atoms with Gasteiger partial charge in [0.25, 0.3) is 5.69 Å². The molecule has 96 valence electrons. The molecule has 2 rings (SSSR count). The molecule has 0 saturated carbocycles. The Morgan fingerprint density at radius 3 is 2.89 bits per heavy atom. The molecule has 18 heavy (non-hydrogen) atoms. The number of allylic oxidation sites excluding steroid dienone is 2. The van der Waals surface area contributed by atoms with Gasteiger partial charge < -0.3 is 5.32 Å². The largest absolute Gasteiger partial charge is 0.385 e. The van der Waals surface area contributed by atoms with Crippen LogP contribution in [0.1, 0.15) is 24.8 Å². The van der Waals surface area contributed by atoms with Crippen LogP contribution in [0.15, 0.2) is 30.4 Å². The molecular formula is C14H18N2O2. The molecule has 1 aromatic carbocycles. The van der Waals surface area contributed by atoms with Crippen molar-refractivity contribution in [2.75, 3.05) is 11.9 Å². The number of aryl methyl sites for hydroxylation is 1. The second-order valence-corrected chi connectivity index (χ2v) is 4.79. The number of nitro groups is 1. The van der Waals surface area contributed by atoms with Crippen LogP contribution in [0.3, 0.4) is 0 Å². The molecule has 0 bridgehead atoms. The van der Waals surface area contributed by atoms with Crippen LogP contribution in [0.5, 0.6) is 0 Å². The zero-order chi connectivity index (χ0) is 13.0. The van der Waals surface area contributed by atoms with Crippen LogP contribution in [0.2, 0.25) is 0 Å². The lowest BCUT2D eigenvalue weighted by molar-refractivity contribution is -0.385. The first kappa shape index (κ1) is 12.6. The highest BCUT2D eigenvalue weighted by Crippen LogP contribution is 2.23. The van der Waals surface area contributed by atoms with E-state index < -0.39 is 0 Å². The van der Waals surface area contributed by atoms with Crippen LogP contribution >= 0.6 is 0 Å². The predicted molar refractivity (Wildman–Crippen MR) is 72.8 cm³/mol. The minimum Gasteiger partial charge on any atom is -0.385 e. The van der Waals surface area contributed by atoms with Crippen LogP contribution in [-0.4, -0.2) is 11.5 Å². The fraction of sp³-hybridized carbons (Fsp3) is 0.429. The zero-order valence-corrected chi connectivity index (χ0v) is 10.6. The Morgan fingerprint density at radius 2 is 2.28 bits per heavy atom. The van der Waals surface area contributed by atoms with Gasteiger partial charge in [0.05, 0.1) is 4.92 Å². The summed E-state index contributed by atoms with van der Waals surface area (Å²) >= 11 is 0. The number of hydrogen-bond donors (Lipinski definition) is 1. The monoisotopic (exact) mass is 246 g/mol. The third-order valence-electron chi connectivity index (χ3n) is 3.37. The summed E-state index contributed by atoms with van der Waals surface area (Å²) in [4.78, 5) is 10.4. The first-order valence-corrected chi connectivity index (χ1v) is 6.30. The van der Waals surface area contributed by atoms with Crippen molar-refractivity contribution in [1.82, 2.24) is 0 Å². The Bertz CT molecular complexity index is 469. The molecule has 1 aliphatic rings. The van der Waals surface area contributed by atoms with E-state index in [0.29, 0.717) is 11.5 Å². The van der Waals surface area contributed by atoms with Crippen molar-refractivity contribution in [1.29, 1.82) is 0 Å². The van der Waals surface area contributed by atoms with Crippen LogP contribution in [0.4, 0.5) is 11.4 Å². The Morgan fingerprint density at radius 1 is 1.44 bits per heavy atom. The molecule has 1 N–H and O–H groups in total. The fourth-order valence-electron chi connectivity index (χ4n) is 2.27. The molecule has 0 saturated heterocycles. The normalized spacial score (nSPS) is 18.6. The highest BCUT2D eigenvalue weighted by molar-refractivity contribution is 5.53. The summed E-state index contributed by atoms with van der Waals surface area (Å²) in [5, 5.41) is 14.1. The number of hydrogen-bond acceptors (Lipinski definition) is 3. The highest BCUT2D eigenvalue weighted by Gasteiger charge is 2.12. The van der Waals surface area contributed by atoms with E-state index in [1.165, 1.54) is 6.42 Å². The smallest absolute Gasteiger partial charge is 0.272 e. The van der Waals surface area contributed by atoms with Crippen molar-refractivity contribution in [3.8, 4) is 0 Å². The summed E-state index contributed by atoms with van der Waals surface area (Å²) in [5.41, 5.74) is 1.85. The number of nitrogens with zero attached hydrogens (tertiary/aromatic N) is 1. The van der Waals surface area contributed by atoms with Crippen LogP contribution in [-0.2, 0) is 0 Å². The summed E-state index contributed by atoms with van der Waals surface area (Å²) in [5.74, 6) is 0.672. The molecule has 0 aliphatic heterocycles. The molecule has 0 fully saturated rings. The first-order valence-electron chi connectivity index (χ1n) is 6.30. The highest BCUT2D eigenvalue weighted by atomic mass is 16.6. The molecular weight excluding hydrogens is 228 g/mol. The van der Waals surface area contributed by atoms with Gasteiger partial charge in [-0.05, 0) is 44.2 Å². The Labute approximate surface area is 107 Å². The second-order valence-electron chi connectivity index (χ2n) is 4.79. The van der Waals surface area contributed by atoms with Gasteiger partial charge in [-0.1, -0.05) is 12.2 Å². The molecule has 0 heterocycles. The summed E-state index contributed by atoms with van der Waals surface area (Å²) in [6.45, 7) is 2.70. The third kappa shape index (κ3) is 3.09. The van der Waals surface area contributed by atoms with Gasteiger partial charge in [-0.2, -0.15) is 0 Å². The standard InChI is InChI=1S/C14H18N2O2/c1-11-9-13(7-8-14(11)16(17)18)15-10-12-5-3-2-4-6-12/h2-3,7-9,12,15H,4-6,10H2,1H3. The molecule has 1 unspecified atom stereocenters. The summed E-state index contributed by atoms with van der Waals surface area (Å²) in [6.07, 6.45) is 7.96. The van der Waals surface area contributed by atoms with E-state index in [0.717, 1.165) is 25.1 Å². The maximum absolute atomic E-state index is 10.7. The second kappa shape index (κ2) is 5.67. The quantitative estimate of drug-likeness (QED) is 0.501. The average Bonchev–Trinajstić information content (AvgIpc) is 2.37. The van der Waals surface area contributed by atoms with Crippen LogP contribution in [0.25, 0.3) is 0 Å². The van der Waals surface area contributed by atoms with Gasteiger partial charge in [0.15, 0.2) is 0 Å². The predicted octanol–water partition coefficient (Wildman–Crippen LogP) is 3.67. The molecule has 1 aromatic rings. The number of benzene rings is 1. The van der Waals surface area contributed by atoms with Crippen molar-refractivity contribution in [3.63, 3.8) is 0 Å². The van der Waals surface area contributed by atoms with Gasteiger partial charge >= 0.3 is 0 Å². The maximum Gasteiger partial charge on any atom is 0.272 e. The number of nitrogens with one attached hydrogen (secondary N) is 1. The molecule has 0 radical (unpaired) electrons. The molecule has 0 aromatic heterocycles. The summed E-state index contributed by atoms with van der Waals surface area (Å²) in [7, 11) is 0. The lowest BCUT2D eigenvalue weighted by atomic mass is 9.94. The number of anilines is 1. The van der Waals surface area contributed by atoms with Crippen molar-refractivity contribution in [2.24, 2.45) is 5.92 Å². The minimum atomic E-state index is -0.342. The Hall–Kier alpha value is -1.84. The molecule has 0 amide bonds. The van der Waals surface area contributed by atoms with Gasteiger partial charge in [0.1, 0.15) is 0 Å². The van der Waals surface area contributed by atoms with E-state index in [1.807, 2.05) is 6.07 Å². The molecule has 4 nitrogen and oxygen atoms in total. The lowest BCUT2D eigenvalue weighted by Gasteiger charge is -2.18. The fourth-order valence-corrected chi connectivity index (χ4v) is 2.27. The van der Waals surface area contributed by atoms with Gasteiger partial charge in [-0.25, -0.2) is 0 Å². The van der Waals surface area contributed by atoms with Crippen molar-refractivity contribution < 1.29 is 4.92 Å². The first-order chi connectivity index (χ1) is 8.66. The van der Waals surface area contributed by atoms with Crippen molar-refractivity contribution in [3.05, 3.63) is 46.0 Å².